The second-order valence-electron chi connectivity index (χ2n) is 5.08. The van der Waals surface area contributed by atoms with E-state index in [-0.39, 0.29) is 0 Å². The van der Waals surface area contributed by atoms with Crippen molar-refractivity contribution in [3.8, 4) is 5.75 Å². The first-order chi connectivity index (χ1) is 8.61. The Morgan fingerprint density at radius 1 is 1.33 bits per heavy atom. The van der Waals surface area contributed by atoms with Crippen LogP contribution in [-0.4, -0.2) is 44.7 Å². The minimum Gasteiger partial charge on any atom is -0.497 e. The fourth-order valence-electron chi connectivity index (χ4n) is 2.65. The third-order valence-corrected chi connectivity index (χ3v) is 3.59. The fraction of sp³-hybridized carbons (Fsp3) is 0.571. The molecule has 1 heterocycles. The first-order valence-corrected chi connectivity index (χ1v) is 6.50. The molecule has 0 bridgehead atoms. The summed E-state index contributed by atoms with van der Waals surface area (Å²) in [6, 6.07) is 6.42. The molecule has 1 aliphatic rings. The maximum atomic E-state index is 6.14. The lowest BCUT2D eigenvalue weighted by Gasteiger charge is -2.31. The fourth-order valence-corrected chi connectivity index (χ4v) is 2.65. The second-order valence-corrected chi connectivity index (χ2v) is 5.08. The van der Waals surface area contributed by atoms with E-state index in [9.17, 15) is 0 Å². The van der Waals surface area contributed by atoms with Crippen LogP contribution in [-0.2, 0) is 0 Å². The molecule has 1 fully saturated rings. The number of nitrogens with two attached hydrogens (primary N) is 1. The van der Waals surface area contributed by atoms with E-state index < -0.39 is 0 Å². The van der Waals surface area contributed by atoms with Crippen molar-refractivity contribution in [2.45, 2.75) is 19.4 Å². The van der Waals surface area contributed by atoms with Crippen LogP contribution in [0.15, 0.2) is 18.2 Å². The molecule has 0 aromatic heterocycles. The molecule has 1 aliphatic heterocycles. The van der Waals surface area contributed by atoms with Crippen LogP contribution in [0.1, 0.15) is 13.3 Å². The third kappa shape index (κ3) is 2.70. The van der Waals surface area contributed by atoms with Crippen LogP contribution < -0.4 is 15.4 Å². The Bertz CT molecular complexity index is 408. The summed E-state index contributed by atoms with van der Waals surface area (Å²) in [5, 5.41) is 0. The van der Waals surface area contributed by atoms with E-state index in [1.165, 1.54) is 6.42 Å². The highest BCUT2D eigenvalue weighted by Crippen LogP contribution is 2.30. The van der Waals surface area contributed by atoms with Gasteiger partial charge in [-0.2, -0.15) is 0 Å². The van der Waals surface area contributed by atoms with Gasteiger partial charge in [0.25, 0.3) is 0 Å². The van der Waals surface area contributed by atoms with Gasteiger partial charge < -0.3 is 20.3 Å². The summed E-state index contributed by atoms with van der Waals surface area (Å²) in [5.74, 6) is 0.816. The number of anilines is 2. The largest absolute Gasteiger partial charge is 0.497 e. The summed E-state index contributed by atoms with van der Waals surface area (Å²) in [4.78, 5) is 4.78. The van der Waals surface area contributed by atoms with Gasteiger partial charge >= 0.3 is 0 Å². The van der Waals surface area contributed by atoms with Gasteiger partial charge in [0.2, 0.25) is 0 Å². The van der Waals surface area contributed by atoms with E-state index in [1.54, 1.807) is 7.11 Å². The van der Waals surface area contributed by atoms with Gasteiger partial charge in [0.15, 0.2) is 0 Å². The minimum absolute atomic E-state index is 0.480. The van der Waals surface area contributed by atoms with Gasteiger partial charge in [-0.3, -0.25) is 0 Å². The molecule has 4 heteroatoms. The normalized spacial score (nSPS) is 21.7. The Morgan fingerprint density at radius 3 is 2.78 bits per heavy atom. The first-order valence-electron chi connectivity index (χ1n) is 6.50. The molecule has 0 saturated carbocycles. The molecular formula is C14H23N3O. The highest BCUT2D eigenvalue weighted by atomic mass is 16.5. The number of hydrogen-bond acceptors (Lipinski definition) is 4. The Balaban J connectivity index is 2.24. The van der Waals surface area contributed by atoms with Gasteiger partial charge in [0.1, 0.15) is 5.75 Å². The van der Waals surface area contributed by atoms with Crippen molar-refractivity contribution in [2.24, 2.45) is 0 Å². The van der Waals surface area contributed by atoms with Crippen LogP contribution in [0.2, 0.25) is 0 Å². The molecule has 1 unspecified atom stereocenters. The van der Waals surface area contributed by atoms with E-state index in [4.69, 9.17) is 10.5 Å². The zero-order chi connectivity index (χ0) is 13.1. The van der Waals surface area contributed by atoms with Crippen molar-refractivity contribution < 1.29 is 4.74 Å². The molecule has 18 heavy (non-hydrogen) atoms. The van der Waals surface area contributed by atoms with Gasteiger partial charge in [0.05, 0.1) is 18.5 Å². The molecule has 0 aliphatic carbocycles. The number of benzene rings is 1. The van der Waals surface area contributed by atoms with Gasteiger partial charge in [-0.25, -0.2) is 0 Å². The number of rotatable bonds is 2. The maximum absolute atomic E-state index is 6.14. The molecule has 1 aromatic carbocycles. The van der Waals surface area contributed by atoms with E-state index in [2.05, 4.69) is 29.8 Å². The van der Waals surface area contributed by atoms with E-state index >= 15 is 0 Å². The summed E-state index contributed by atoms with van der Waals surface area (Å²) in [6.07, 6.45) is 1.17. The molecule has 2 N–H and O–H groups in total. The molecule has 1 atom stereocenters. The average molecular weight is 249 g/mol. The zero-order valence-corrected chi connectivity index (χ0v) is 11.5. The molecule has 0 spiro atoms. The molecule has 4 nitrogen and oxygen atoms in total. The van der Waals surface area contributed by atoms with E-state index in [0.29, 0.717) is 6.04 Å². The first kappa shape index (κ1) is 13.0. The Hall–Kier alpha value is -1.42. The van der Waals surface area contributed by atoms with Crippen molar-refractivity contribution in [3.63, 3.8) is 0 Å². The molecule has 0 radical (unpaired) electrons. The van der Waals surface area contributed by atoms with Gasteiger partial charge in [0, 0.05) is 25.2 Å². The monoisotopic (exact) mass is 249 g/mol. The topological polar surface area (TPSA) is 41.7 Å². The molecular weight excluding hydrogens is 226 g/mol. The quantitative estimate of drug-likeness (QED) is 0.812. The summed E-state index contributed by atoms with van der Waals surface area (Å²) in [6.45, 7) is 5.54. The zero-order valence-electron chi connectivity index (χ0n) is 11.5. The number of hydrogen-bond donors (Lipinski definition) is 1. The van der Waals surface area contributed by atoms with Crippen LogP contribution in [0.5, 0.6) is 5.75 Å². The summed E-state index contributed by atoms with van der Waals surface area (Å²) in [5.41, 5.74) is 8.06. The molecule has 100 valence electrons. The smallest absolute Gasteiger partial charge is 0.121 e. The average Bonchev–Trinajstić information content (AvgIpc) is 2.50. The third-order valence-electron chi connectivity index (χ3n) is 3.59. The lowest BCUT2D eigenvalue weighted by atomic mass is 10.2. The molecule has 0 amide bonds. The summed E-state index contributed by atoms with van der Waals surface area (Å²) >= 11 is 0. The van der Waals surface area contributed by atoms with Crippen LogP contribution in [0.3, 0.4) is 0 Å². The lowest BCUT2D eigenvalue weighted by Crippen LogP contribution is -2.38. The van der Waals surface area contributed by atoms with Crippen molar-refractivity contribution in [1.29, 1.82) is 0 Å². The number of likely N-dealkylation sites (N-methyl/N-ethyl adjacent to an activating group) is 1. The molecule has 1 saturated heterocycles. The standard InChI is InChI=1S/C14H23N3O/c1-11-10-16(2)7-4-8-17(11)14-6-5-12(18-3)9-13(14)15/h5-6,9,11H,4,7-8,10,15H2,1-3H3. The van der Waals surface area contributed by atoms with Crippen LogP contribution >= 0.6 is 0 Å². The highest BCUT2D eigenvalue weighted by Gasteiger charge is 2.21. The number of methoxy groups -OCH3 is 1. The van der Waals surface area contributed by atoms with Gasteiger partial charge in [-0.05, 0) is 39.1 Å². The van der Waals surface area contributed by atoms with Crippen LogP contribution in [0.25, 0.3) is 0 Å². The number of ether oxygens (including phenoxy) is 1. The Morgan fingerprint density at radius 2 is 2.11 bits per heavy atom. The van der Waals surface area contributed by atoms with Crippen LogP contribution in [0.4, 0.5) is 11.4 Å². The number of nitrogens with zero attached hydrogens (tertiary/aromatic N) is 2. The summed E-state index contributed by atoms with van der Waals surface area (Å²) in [7, 11) is 3.84. The van der Waals surface area contributed by atoms with E-state index in [1.807, 2.05) is 12.1 Å². The Labute approximate surface area is 109 Å². The summed E-state index contributed by atoms with van der Waals surface area (Å²) < 4.78 is 5.20. The molecule has 1 aromatic rings. The SMILES string of the molecule is COc1ccc(N2CCCN(C)CC2C)c(N)c1. The van der Waals surface area contributed by atoms with Gasteiger partial charge in [-0.15, -0.1) is 0 Å². The van der Waals surface area contributed by atoms with E-state index in [0.717, 1.165) is 36.8 Å². The molecule has 2 rings (SSSR count). The number of nitrogen functional groups attached to an aromatic ring is 1. The predicted octanol–water partition coefficient (Wildman–Crippen LogP) is 1.81. The maximum Gasteiger partial charge on any atom is 0.121 e. The highest BCUT2D eigenvalue weighted by molar-refractivity contribution is 5.70. The lowest BCUT2D eigenvalue weighted by molar-refractivity contribution is 0.337. The minimum atomic E-state index is 0.480. The van der Waals surface area contributed by atoms with Crippen molar-refractivity contribution in [3.05, 3.63) is 18.2 Å². The second kappa shape index (κ2) is 5.48. The Kier molecular flexibility index (Phi) is 3.97. The van der Waals surface area contributed by atoms with Crippen molar-refractivity contribution >= 4 is 11.4 Å². The van der Waals surface area contributed by atoms with Crippen LogP contribution in [0, 0.1) is 0 Å². The van der Waals surface area contributed by atoms with Crippen molar-refractivity contribution in [1.82, 2.24) is 4.90 Å². The van der Waals surface area contributed by atoms with Crippen molar-refractivity contribution in [2.75, 3.05) is 44.4 Å². The predicted molar refractivity (Wildman–Crippen MR) is 76.3 cm³/mol. The van der Waals surface area contributed by atoms with Gasteiger partial charge in [-0.1, -0.05) is 0 Å².